The maximum Gasteiger partial charge on any atom is 0.264 e. The molecular weight excluding hydrogens is 340 g/mol. The molecule has 2 aromatic carbocycles. The first kappa shape index (κ1) is 17.4. The number of para-hydroxylation sites is 1. The van der Waals surface area contributed by atoms with E-state index in [0.29, 0.717) is 32.0 Å². The highest BCUT2D eigenvalue weighted by Gasteiger charge is 2.29. The molecule has 0 aliphatic carbocycles. The predicted molar refractivity (Wildman–Crippen MR) is 95.2 cm³/mol. The van der Waals surface area contributed by atoms with Crippen LogP contribution in [-0.2, 0) is 14.8 Å². The van der Waals surface area contributed by atoms with Crippen LogP contribution in [0.4, 0.5) is 5.69 Å². The van der Waals surface area contributed by atoms with Crippen molar-refractivity contribution in [2.45, 2.75) is 4.90 Å². The molecule has 0 unspecified atom stereocenters. The lowest BCUT2D eigenvalue weighted by Crippen LogP contribution is -2.41. The van der Waals surface area contributed by atoms with Gasteiger partial charge in [0.1, 0.15) is 4.90 Å². The number of morpholine rings is 1. The molecule has 0 radical (unpaired) electrons. The van der Waals surface area contributed by atoms with Gasteiger partial charge in [-0.05, 0) is 24.3 Å². The molecule has 0 spiro atoms. The Bertz CT molecular complexity index is 846. The molecule has 1 aliphatic rings. The Morgan fingerprint density at radius 1 is 1.00 bits per heavy atom. The molecule has 1 fully saturated rings. The van der Waals surface area contributed by atoms with Crippen LogP contribution in [0.15, 0.2) is 59.5 Å². The summed E-state index contributed by atoms with van der Waals surface area (Å²) in [5, 5.41) is 0. The van der Waals surface area contributed by atoms with Crippen LogP contribution >= 0.6 is 0 Å². The molecule has 7 heteroatoms. The molecule has 0 atom stereocenters. The van der Waals surface area contributed by atoms with Gasteiger partial charge in [-0.25, -0.2) is 8.42 Å². The smallest absolute Gasteiger partial charge is 0.264 e. The minimum absolute atomic E-state index is 0.0119. The third kappa shape index (κ3) is 3.52. The molecule has 0 aromatic heterocycles. The van der Waals surface area contributed by atoms with Crippen molar-refractivity contribution in [1.82, 2.24) is 4.90 Å². The summed E-state index contributed by atoms with van der Waals surface area (Å²) >= 11 is 0. The number of ether oxygens (including phenoxy) is 1. The van der Waals surface area contributed by atoms with Gasteiger partial charge in [0.15, 0.2) is 0 Å². The van der Waals surface area contributed by atoms with Crippen molar-refractivity contribution in [2.24, 2.45) is 0 Å². The lowest BCUT2D eigenvalue weighted by atomic mass is 10.2. The van der Waals surface area contributed by atoms with Gasteiger partial charge >= 0.3 is 0 Å². The SMILES string of the molecule is CN(c1ccccc1)S(=O)(=O)c1ccccc1C(=O)N1CCOCC1. The highest BCUT2D eigenvalue weighted by Crippen LogP contribution is 2.25. The number of anilines is 1. The van der Waals surface area contributed by atoms with Gasteiger partial charge in [0.25, 0.3) is 15.9 Å². The number of carbonyl (C=O) groups is 1. The zero-order valence-corrected chi connectivity index (χ0v) is 14.8. The van der Waals surface area contributed by atoms with E-state index in [0.717, 1.165) is 0 Å². The second-order valence-electron chi connectivity index (χ2n) is 5.71. The van der Waals surface area contributed by atoms with Crippen LogP contribution in [0.3, 0.4) is 0 Å². The highest BCUT2D eigenvalue weighted by atomic mass is 32.2. The lowest BCUT2D eigenvalue weighted by Gasteiger charge is -2.28. The van der Waals surface area contributed by atoms with E-state index in [1.807, 2.05) is 6.07 Å². The first-order valence-corrected chi connectivity index (χ1v) is 9.46. The highest BCUT2D eigenvalue weighted by molar-refractivity contribution is 7.92. The Hall–Kier alpha value is -2.38. The molecule has 1 heterocycles. The van der Waals surface area contributed by atoms with Crippen molar-refractivity contribution in [1.29, 1.82) is 0 Å². The largest absolute Gasteiger partial charge is 0.378 e. The molecule has 2 aromatic rings. The Balaban J connectivity index is 1.98. The normalized spacial score (nSPS) is 15.0. The average Bonchev–Trinajstić information content (AvgIpc) is 2.68. The molecule has 6 nitrogen and oxygen atoms in total. The summed E-state index contributed by atoms with van der Waals surface area (Å²) in [7, 11) is -2.37. The van der Waals surface area contributed by atoms with Crippen molar-refractivity contribution in [3.63, 3.8) is 0 Å². The maximum absolute atomic E-state index is 13.1. The average molecular weight is 360 g/mol. The predicted octanol–water partition coefficient (Wildman–Crippen LogP) is 1.98. The van der Waals surface area contributed by atoms with Crippen LogP contribution in [0.2, 0.25) is 0 Å². The Morgan fingerprint density at radius 2 is 1.60 bits per heavy atom. The summed E-state index contributed by atoms with van der Waals surface area (Å²) in [6, 6.07) is 15.1. The van der Waals surface area contributed by atoms with Gasteiger partial charge < -0.3 is 9.64 Å². The van der Waals surface area contributed by atoms with Crippen molar-refractivity contribution in [2.75, 3.05) is 37.7 Å². The van der Waals surface area contributed by atoms with Gasteiger partial charge in [0.05, 0.1) is 24.5 Å². The fourth-order valence-corrected chi connectivity index (χ4v) is 4.11. The summed E-state index contributed by atoms with van der Waals surface area (Å²) in [4.78, 5) is 14.5. The van der Waals surface area contributed by atoms with Crippen LogP contribution < -0.4 is 4.31 Å². The first-order chi connectivity index (χ1) is 12.0. The minimum Gasteiger partial charge on any atom is -0.378 e. The molecule has 132 valence electrons. The van der Waals surface area contributed by atoms with E-state index in [9.17, 15) is 13.2 Å². The second kappa shape index (κ2) is 7.25. The number of sulfonamides is 1. The molecule has 1 amide bonds. The lowest BCUT2D eigenvalue weighted by molar-refractivity contribution is 0.0300. The molecule has 0 N–H and O–H groups in total. The molecule has 3 rings (SSSR count). The summed E-state index contributed by atoms with van der Waals surface area (Å²) in [5.41, 5.74) is 0.725. The fraction of sp³-hybridized carbons (Fsp3) is 0.278. The van der Waals surface area contributed by atoms with E-state index in [1.165, 1.54) is 17.4 Å². The van der Waals surface area contributed by atoms with Gasteiger partial charge in [-0.15, -0.1) is 0 Å². The molecule has 1 saturated heterocycles. The van der Waals surface area contributed by atoms with Crippen LogP contribution in [0.1, 0.15) is 10.4 Å². The van der Waals surface area contributed by atoms with Crippen LogP contribution in [0.25, 0.3) is 0 Å². The van der Waals surface area contributed by atoms with E-state index in [4.69, 9.17) is 4.74 Å². The number of benzene rings is 2. The van der Waals surface area contributed by atoms with Gasteiger partial charge in [-0.2, -0.15) is 0 Å². The van der Waals surface area contributed by atoms with Gasteiger partial charge in [-0.1, -0.05) is 30.3 Å². The Morgan fingerprint density at radius 3 is 2.28 bits per heavy atom. The van der Waals surface area contributed by atoms with Crippen LogP contribution in [-0.4, -0.2) is 52.6 Å². The van der Waals surface area contributed by atoms with Crippen molar-refractivity contribution >= 4 is 21.6 Å². The van der Waals surface area contributed by atoms with Gasteiger partial charge in [-0.3, -0.25) is 9.10 Å². The number of amides is 1. The van der Waals surface area contributed by atoms with E-state index in [1.54, 1.807) is 47.4 Å². The number of carbonyl (C=O) groups excluding carboxylic acids is 1. The summed E-state index contributed by atoms with van der Waals surface area (Å²) < 4.78 is 32.6. The number of hydrogen-bond acceptors (Lipinski definition) is 4. The third-order valence-electron chi connectivity index (χ3n) is 4.17. The second-order valence-corrected chi connectivity index (χ2v) is 7.65. The van der Waals surface area contributed by atoms with Crippen molar-refractivity contribution in [3.8, 4) is 0 Å². The molecule has 25 heavy (non-hydrogen) atoms. The standard InChI is InChI=1S/C18H20N2O4S/c1-19(15-7-3-2-4-8-15)25(22,23)17-10-6-5-9-16(17)18(21)20-11-13-24-14-12-20/h2-10H,11-14H2,1H3. The van der Waals surface area contributed by atoms with E-state index < -0.39 is 10.0 Å². The van der Waals surface area contributed by atoms with E-state index in [-0.39, 0.29) is 16.4 Å². The van der Waals surface area contributed by atoms with Crippen LogP contribution in [0.5, 0.6) is 0 Å². The molecular formula is C18H20N2O4S. The maximum atomic E-state index is 13.1. The number of rotatable bonds is 4. The molecule has 0 saturated carbocycles. The Labute approximate surface area is 147 Å². The van der Waals surface area contributed by atoms with Gasteiger partial charge in [0.2, 0.25) is 0 Å². The summed E-state index contributed by atoms with van der Waals surface area (Å²) in [6.07, 6.45) is 0. The Kier molecular flexibility index (Phi) is 5.06. The zero-order chi connectivity index (χ0) is 17.9. The quantitative estimate of drug-likeness (QED) is 0.836. The first-order valence-electron chi connectivity index (χ1n) is 8.02. The topological polar surface area (TPSA) is 66.9 Å². The van der Waals surface area contributed by atoms with Crippen molar-refractivity contribution < 1.29 is 17.9 Å². The minimum atomic E-state index is -3.85. The number of nitrogens with zero attached hydrogens (tertiary/aromatic N) is 2. The van der Waals surface area contributed by atoms with Crippen molar-refractivity contribution in [3.05, 3.63) is 60.2 Å². The molecule has 0 bridgehead atoms. The summed E-state index contributed by atoms with van der Waals surface area (Å²) in [6.45, 7) is 1.85. The van der Waals surface area contributed by atoms with E-state index >= 15 is 0 Å². The van der Waals surface area contributed by atoms with E-state index in [2.05, 4.69) is 0 Å². The van der Waals surface area contributed by atoms with Crippen LogP contribution in [0, 0.1) is 0 Å². The number of hydrogen-bond donors (Lipinski definition) is 0. The molecule has 1 aliphatic heterocycles. The fourth-order valence-electron chi connectivity index (χ4n) is 2.73. The monoisotopic (exact) mass is 360 g/mol. The third-order valence-corrected chi connectivity index (χ3v) is 6.02. The summed E-state index contributed by atoms with van der Waals surface area (Å²) in [5.74, 6) is -0.288. The zero-order valence-electron chi connectivity index (χ0n) is 14.0. The van der Waals surface area contributed by atoms with Gasteiger partial charge in [0, 0.05) is 20.1 Å².